The van der Waals surface area contributed by atoms with E-state index in [9.17, 15) is 4.79 Å². The number of carboxylic acids is 1. The van der Waals surface area contributed by atoms with Crippen molar-refractivity contribution < 1.29 is 14.6 Å². The first kappa shape index (κ1) is 12.1. The van der Waals surface area contributed by atoms with E-state index in [1.807, 2.05) is 0 Å². The number of hydrogen-bond acceptors (Lipinski definition) is 2. The molecule has 1 aromatic carbocycles. The molecule has 1 atom stereocenters. The van der Waals surface area contributed by atoms with Gasteiger partial charge in [0, 0.05) is 10.6 Å². The second-order valence-electron chi connectivity index (χ2n) is 3.07. The average Bonchev–Trinajstić information content (AvgIpc) is 2.15. The Bertz CT molecular complexity index is 390. The lowest BCUT2D eigenvalue weighted by atomic mass is 10.0. The number of rotatable bonds is 3. The average molecular weight is 249 g/mol. The fourth-order valence-electron chi connectivity index (χ4n) is 1.25. The topological polar surface area (TPSA) is 46.5 Å². The molecule has 15 heavy (non-hydrogen) atoms. The molecule has 0 aliphatic heterocycles. The van der Waals surface area contributed by atoms with Gasteiger partial charge in [-0.3, -0.25) is 4.79 Å². The monoisotopic (exact) mass is 248 g/mol. The zero-order valence-corrected chi connectivity index (χ0v) is 9.76. The summed E-state index contributed by atoms with van der Waals surface area (Å²) in [6.45, 7) is 1.55. The van der Waals surface area contributed by atoms with Crippen molar-refractivity contribution in [1.82, 2.24) is 0 Å². The Hall–Kier alpha value is -0.930. The molecule has 0 saturated heterocycles. The molecule has 0 aromatic heterocycles. The van der Waals surface area contributed by atoms with E-state index < -0.39 is 11.9 Å². The minimum absolute atomic E-state index is 0.313. The maximum Gasteiger partial charge on any atom is 0.310 e. The van der Waals surface area contributed by atoms with Crippen LogP contribution in [0.15, 0.2) is 12.1 Å². The lowest BCUT2D eigenvalue weighted by Gasteiger charge is -2.13. The molecule has 5 heteroatoms. The Kier molecular flexibility index (Phi) is 3.83. The number of halogens is 2. The first-order valence-corrected chi connectivity index (χ1v) is 4.98. The van der Waals surface area contributed by atoms with Crippen LogP contribution in [0.3, 0.4) is 0 Å². The first-order chi connectivity index (χ1) is 6.97. The molecule has 0 bridgehead atoms. The smallest absolute Gasteiger partial charge is 0.310 e. The van der Waals surface area contributed by atoms with E-state index in [0.717, 1.165) is 0 Å². The van der Waals surface area contributed by atoms with E-state index >= 15 is 0 Å². The third-order valence-corrected chi connectivity index (χ3v) is 2.58. The van der Waals surface area contributed by atoms with Crippen LogP contribution < -0.4 is 4.74 Å². The predicted octanol–water partition coefficient (Wildman–Crippen LogP) is 3.19. The van der Waals surface area contributed by atoms with Crippen molar-refractivity contribution in [3.05, 3.63) is 27.7 Å². The van der Waals surface area contributed by atoms with Gasteiger partial charge in [-0.05, 0) is 19.1 Å². The van der Waals surface area contributed by atoms with Gasteiger partial charge < -0.3 is 9.84 Å². The van der Waals surface area contributed by atoms with Crippen LogP contribution in [-0.4, -0.2) is 18.2 Å². The van der Waals surface area contributed by atoms with Crippen LogP contribution in [0.2, 0.25) is 10.0 Å². The fraction of sp³-hybridized carbons (Fsp3) is 0.300. The summed E-state index contributed by atoms with van der Waals surface area (Å²) in [6.07, 6.45) is 0. The number of carboxylic acid groups (broad SMARTS) is 1. The molecule has 0 radical (unpaired) electrons. The first-order valence-electron chi connectivity index (χ1n) is 4.23. The standard InChI is InChI=1S/C10H10Cl2O3/c1-5(10(13)14)7-3-6(11)4-8(12)9(7)15-2/h3-5H,1-2H3,(H,13,14). The number of hydrogen-bond donors (Lipinski definition) is 1. The molecule has 3 nitrogen and oxygen atoms in total. The second kappa shape index (κ2) is 4.73. The summed E-state index contributed by atoms with van der Waals surface area (Å²) in [4.78, 5) is 10.8. The van der Waals surface area contributed by atoms with E-state index in [1.54, 1.807) is 13.0 Å². The minimum Gasteiger partial charge on any atom is -0.495 e. The molecule has 0 saturated carbocycles. The van der Waals surface area contributed by atoms with Crippen molar-refractivity contribution in [1.29, 1.82) is 0 Å². The molecular weight excluding hydrogens is 239 g/mol. The molecular formula is C10H10Cl2O3. The van der Waals surface area contributed by atoms with Gasteiger partial charge in [-0.1, -0.05) is 23.2 Å². The fourth-order valence-corrected chi connectivity index (χ4v) is 1.84. The maximum atomic E-state index is 10.8. The summed E-state index contributed by atoms with van der Waals surface area (Å²) in [5.41, 5.74) is 0.475. The van der Waals surface area contributed by atoms with Gasteiger partial charge in [0.25, 0.3) is 0 Å². The van der Waals surface area contributed by atoms with Gasteiger partial charge in [-0.15, -0.1) is 0 Å². The summed E-state index contributed by atoms with van der Waals surface area (Å²) in [5, 5.41) is 9.60. The zero-order valence-electron chi connectivity index (χ0n) is 8.25. The van der Waals surface area contributed by atoms with Crippen molar-refractivity contribution in [2.45, 2.75) is 12.8 Å². The highest BCUT2D eigenvalue weighted by molar-refractivity contribution is 6.35. The van der Waals surface area contributed by atoms with Crippen molar-refractivity contribution >= 4 is 29.2 Å². The van der Waals surface area contributed by atoms with Gasteiger partial charge in [-0.2, -0.15) is 0 Å². The van der Waals surface area contributed by atoms with Crippen LogP contribution in [0, 0.1) is 0 Å². The second-order valence-corrected chi connectivity index (χ2v) is 3.91. The summed E-state index contributed by atoms with van der Waals surface area (Å²) in [6, 6.07) is 3.06. The Balaban J connectivity index is 3.32. The van der Waals surface area contributed by atoms with E-state index in [0.29, 0.717) is 21.4 Å². The molecule has 0 amide bonds. The summed E-state index contributed by atoms with van der Waals surface area (Å²) in [7, 11) is 1.44. The van der Waals surface area contributed by atoms with Gasteiger partial charge in [-0.25, -0.2) is 0 Å². The Morgan fingerprint density at radius 3 is 2.53 bits per heavy atom. The van der Waals surface area contributed by atoms with E-state index in [2.05, 4.69) is 0 Å². The molecule has 82 valence electrons. The van der Waals surface area contributed by atoms with E-state index in [-0.39, 0.29) is 0 Å². The van der Waals surface area contributed by atoms with Gasteiger partial charge in [0.05, 0.1) is 18.1 Å². The highest BCUT2D eigenvalue weighted by Crippen LogP contribution is 2.36. The zero-order chi connectivity index (χ0) is 11.6. The van der Waals surface area contributed by atoms with E-state index in [4.69, 9.17) is 33.0 Å². The van der Waals surface area contributed by atoms with Crippen LogP contribution in [0.4, 0.5) is 0 Å². The molecule has 1 N–H and O–H groups in total. The summed E-state index contributed by atoms with van der Waals surface area (Å²) >= 11 is 11.7. The van der Waals surface area contributed by atoms with Crippen LogP contribution in [0.5, 0.6) is 5.75 Å². The Labute approximate surface area is 97.6 Å². The van der Waals surface area contributed by atoms with Crippen molar-refractivity contribution in [2.24, 2.45) is 0 Å². The molecule has 0 aliphatic carbocycles. The SMILES string of the molecule is COc1c(Cl)cc(Cl)cc1C(C)C(=O)O. The highest BCUT2D eigenvalue weighted by Gasteiger charge is 2.20. The normalized spacial score (nSPS) is 12.3. The van der Waals surface area contributed by atoms with Crippen molar-refractivity contribution in [3.63, 3.8) is 0 Å². The lowest BCUT2D eigenvalue weighted by Crippen LogP contribution is -2.09. The number of ether oxygens (including phenoxy) is 1. The molecule has 0 spiro atoms. The molecule has 1 aromatic rings. The number of aliphatic carboxylic acids is 1. The number of carbonyl (C=O) groups is 1. The Morgan fingerprint density at radius 1 is 1.47 bits per heavy atom. The third kappa shape index (κ3) is 2.55. The van der Waals surface area contributed by atoms with Gasteiger partial charge >= 0.3 is 5.97 Å². The van der Waals surface area contributed by atoms with Crippen LogP contribution in [0.1, 0.15) is 18.4 Å². The predicted molar refractivity (Wildman–Crippen MR) is 59.1 cm³/mol. The highest BCUT2D eigenvalue weighted by atomic mass is 35.5. The largest absolute Gasteiger partial charge is 0.495 e. The van der Waals surface area contributed by atoms with E-state index in [1.165, 1.54) is 13.2 Å². The third-order valence-electron chi connectivity index (χ3n) is 2.08. The maximum absolute atomic E-state index is 10.8. The quantitative estimate of drug-likeness (QED) is 0.894. The Morgan fingerprint density at radius 2 is 2.07 bits per heavy atom. The summed E-state index contributed by atoms with van der Waals surface area (Å²) in [5.74, 6) is -1.31. The molecule has 0 aliphatic rings. The number of methoxy groups -OCH3 is 1. The van der Waals surface area contributed by atoms with Crippen molar-refractivity contribution in [3.8, 4) is 5.75 Å². The molecule has 1 rings (SSSR count). The van der Waals surface area contributed by atoms with Gasteiger partial charge in [0.2, 0.25) is 0 Å². The molecule has 1 unspecified atom stereocenters. The molecule has 0 fully saturated rings. The van der Waals surface area contributed by atoms with Crippen molar-refractivity contribution in [2.75, 3.05) is 7.11 Å². The van der Waals surface area contributed by atoms with Gasteiger partial charge in [0.15, 0.2) is 0 Å². The van der Waals surface area contributed by atoms with Crippen LogP contribution in [-0.2, 0) is 4.79 Å². The number of benzene rings is 1. The minimum atomic E-state index is -0.952. The molecule has 0 heterocycles. The van der Waals surface area contributed by atoms with Gasteiger partial charge in [0.1, 0.15) is 5.75 Å². The van der Waals surface area contributed by atoms with Crippen LogP contribution in [0.25, 0.3) is 0 Å². The summed E-state index contributed by atoms with van der Waals surface area (Å²) < 4.78 is 5.05. The lowest BCUT2D eigenvalue weighted by molar-refractivity contribution is -0.138. The van der Waals surface area contributed by atoms with Crippen LogP contribution >= 0.6 is 23.2 Å².